The first-order chi connectivity index (χ1) is 13.7. The summed E-state index contributed by atoms with van der Waals surface area (Å²) < 4.78 is 6.12. The van der Waals surface area contributed by atoms with Gasteiger partial charge in [-0.2, -0.15) is 0 Å². The van der Waals surface area contributed by atoms with E-state index < -0.39 is 6.10 Å². The number of amides is 1. The average Bonchev–Trinajstić information content (AvgIpc) is 2.74. The molecule has 0 aliphatic rings. The van der Waals surface area contributed by atoms with Gasteiger partial charge in [0.1, 0.15) is 5.75 Å². The van der Waals surface area contributed by atoms with Crippen molar-refractivity contribution in [2.45, 2.75) is 39.5 Å². The van der Waals surface area contributed by atoms with E-state index in [1.807, 2.05) is 79.4 Å². The van der Waals surface area contributed by atoms with Crippen LogP contribution in [0.15, 0.2) is 84.9 Å². The molecule has 3 aromatic carbocycles. The molecule has 0 fully saturated rings. The molecular formula is C25H27NO2. The summed E-state index contributed by atoms with van der Waals surface area (Å²) in [4.78, 5) is 15.3. The van der Waals surface area contributed by atoms with Gasteiger partial charge in [-0.05, 0) is 36.1 Å². The molecule has 0 bridgehead atoms. The van der Waals surface area contributed by atoms with Crippen molar-refractivity contribution in [2.75, 3.05) is 0 Å². The Labute approximate surface area is 167 Å². The molecule has 3 aromatic rings. The lowest BCUT2D eigenvalue weighted by molar-refractivity contribution is -0.140. The second-order valence-electron chi connectivity index (χ2n) is 6.95. The van der Waals surface area contributed by atoms with Crippen molar-refractivity contribution >= 4 is 5.91 Å². The number of hydrogen-bond donors (Lipinski definition) is 0. The zero-order valence-electron chi connectivity index (χ0n) is 16.5. The fourth-order valence-electron chi connectivity index (χ4n) is 3.17. The smallest absolute Gasteiger partial charge is 0.264 e. The van der Waals surface area contributed by atoms with Gasteiger partial charge in [0.2, 0.25) is 0 Å². The Bertz CT molecular complexity index is 836. The van der Waals surface area contributed by atoms with Gasteiger partial charge < -0.3 is 9.64 Å². The third-order valence-corrected chi connectivity index (χ3v) is 4.75. The summed E-state index contributed by atoms with van der Waals surface area (Å²) in [6, 6.07) is 28.0. The minimum atomic E-state index is -0.506. The number of para-hydroxylation sites is 1. The van der Waals surface area contributed by atoms with E-state index in [-0.39, 0.29) is 5.91 Å². The number of hydrogen-bond acceptors (Lipinski definition) is 2. The molecule has 0 saturated heterocycles. The fraction of sp³-hybridized carbons (Fsp3) is 0.240. The quantitative estimate of drug-likeness (QED) is 0.530. The third-order valence-electron chi connectivity index (χ3n) is 4.75. The molecule has 0 saturated carbocycles. The van der Waals surface area contributed by atoms with Crippen LogP contribution in [0.2, 0.25) is 0 Å². The molecule has 0 aliphatic heterocycles. The first kappa shape index (κ1) is 19.7. The van der Waals surface area contributed by atoms with E-state index in [0.29, 0.717) is 19.5 Å². The molecule has 0 aliphatic carbocycles. The van der Waals surface area contributed by atoms with Crippen molar-refractivity contribution in [2.24, 2.45) is 0 Å². The van der Waals surface area contributed by atoms with Gasteiger partial charge in [0.25, 0.3) is 5.91 Å². The maximum atomic E-state index is 13.4. The lowest BCUT2D eigenvalue weighted by Crippen LogP contribution is -2.41. The van der Waals surface area contributed by atoms with E-state index in [1.165, 1.54) is 0 Å². The van der Waals surface area contributed by atoms with Crippen LogP contribution in [0.5, 0.6) is 5.75 Å². The lowest BCUT2D eigenvalue weighted by atomic mass is 10.1. The zero-order chi connectivity index (χ0) is 19.8. The van der Waals surface area contributed by atoms with Crippen molar-refractivity contribution in [3.05, 3.63) is 102 Å². The molecule has 28 heavy (non-hydrogen) atoms. The average molecular weight is 373 g/mol. The Balaban J connectivity index is 1.82. The summed E-state index contributed by atoms with van der Waals surface area (Å²) in [5.41, 5.74) is 3.25. The van der Waals surface area contributed by atoms with E-state index in [1.54, 1.807) is 0 Å². The molecule has 1 amide bonds. The molecule has 0 aromatic heterocycles. The van der Waals surface area contributed by atoms with Crippen molar-refractivity contribution in [3.8, 4) is 5.75 Å². The molecule has 0 N–H and O–H groups in total. The van der Waals surface area contributed by atoms with Crippen LogP contribution in [0.25, 0.3) is 0 Å². The van der Waals surface area contributed by atoms with Crippen molar-refractivity contribution in [1.29, 1.82) is 0 Å². The minimum absolute atomic E-state index is 0.0125. The summed E-state index contributed by atoms with van der Waals surface area (Å²) in [6.07, 6.45) is 0.112. The number of rotatable bonds is 8. The number of carbonyl (C=O) groups excluding carboxylic acids is 1. The van der Waals surface area contributed by atoms with Crippen LogP contribution >= 0.6 is 0 Å². The Hall–Kier alpha value is -3.07. The molecule has 1 atom stereocenters. The van der Waals surface area contributed by atoms with Crippen LogP contribution in [0, 0.1) is 6.92 Å². The minimum Gasteiger partial charge on any atom is -0.480 e. The summed E-state index contributed by atoms with van der Waals surface area (Å²) in [5, 5.41) is 0. The topological polar surface area (TPSA) is 29.5 Å². The number of ether oxygens (including phenoxy) is 1. The van der Waals surface area contributed by atoms with Crippen LogP contribution < -0.4 is 4.74 Å². The van der Waals surface area contributed by atoms with Crippen LogP contribution in [0.3, 0.4) is 0 Å². The molecular weight excluding hydrogens is 346 g/mol. The normalized spacial score (nSPS) is 11.6. The van der Waals surface area contributed by atoms with E-state index in [4.69, 9.17) is 4.74 Å². The van der Waals surface area contributed by atoms with E-state index >= 15 is 0 Å². The van der Waals surface area contributed by atoms with Gasteiger partial charge in [0, 0.05) is 13.1 Å². The largest absolute Gasteiger partial charge is 0.480 e. The summed E-state index contributed by atoms with van der Waals surface area (Å²) in [5.74, 6) is 0.778. The maximum absolute atomic E-state index is 13.4. The van der Waals surface area contributed by atoms with Gasteiger partial charge in [-0.3, -0.25) is 4.79 Å². The molecule has 3 heteroatoms. The third kappa shape index (κ3) is 5.23. The summed E-state index contributed by atoms with van der Waals surface area (Å²) in [6.45, 7) is 5.10. The van der Waals surface area contributed by atoms with Gasteiger partial charge in [-0.1, -0.05) is 85.8 Å². The molecule has 0 heterocycles. The monoisotopic (exact) mass is 373 g/mol. The van der Waals surface area contributed by atoms with E-state index in [9.17, 15) is 4.79 Å². The van der Waals surface area contributed by atoms with Gasteiger partial charge in [0.15, 0.2) is 6.10 Å². The summed E-state index contributed by atoms with van der Waals surface area (Å²) in [7, 11) is 0. The molecule has 0 spiro atoms. The Morgan fingerprint density at radius 3 is 1.82 bits per heavy atom. The summed E-state index contributed by atoms with van der Waals surface area (Å²) >= 11 is 0. The highest BCUT2D eigenvalue weighted by Gasteiger charge is 2.25. The number of aryl methyl sites for hydroxylation is 1. The van der Waals surface area contributed by atoms with Gasteiger partial charge in [-0.25, -0.2) is 0 Å². The molecule has 1 unspecified atom stereocenters. The number of carbonyl (C=O) groups is 1. The molecule has 144 valence electrons. The lowest BCUT2D eigenvalue weighted by Gasteiger charge is -2.28. The van der Waals surface area contributed by atoms with Crippen LogP contribution in [-0.4, -0.2) is 16.9 Å². The first-order valence-corrected chi connectivity index (χ1v) is 9.76. The maximum Gasteiger partial charge on any atom is 0.264 e. The Morgan fingerprint density at radius 2 is 1.32 bits per heavy atom. The molecule has 0 radical (unpaired) electrons. The Morgan fingerprint density at radius 1 is 0.821 bits per heavy atom. The SMILES string of the molecule is CCC(Oc1ccccc1C)C(=O)N(Cc1ccccc1)Cc1ccccc1. The van der Waals surface area contributed by atoms with Crippen LogP contribution in [0.1, 0.15) is 30.0 Å². The van der Waals surface area contributed by atoms with Crippen LogP contribution in [0.4, 0.5) is 0 Å². The fourth-order valence-corrected chi connectivity index (χ4v) is 3.17. The highest BCUT2D eigenvalue weighted by molar-refractivity contribution is 5.81. The highest BCUT2D eigenvalue weighted by Crippen LogP contribution is 2.21. The predicted octanol–water partition coefficient (Wildman–Crippen LogP) is 5.38. The van der Waals surface area contributed by atoms with Gasteiger partial charge in [0.05, 0.1) is 0 Å². The molecule has 3 rings (SSSR count). The van der Waals surface area contributed by atoms with E-state index in [0.717, 1.165) is 22.4 Å². The zero-order valence-corrected chi connectivity index (χ0v) is 16.5. The molecule has 3 nitrogen and oxygen atoms in total. The van der Waals surface area contributed by atoms with Gasteiger partial charge in [-0.15, -0.1) is 0 Å². The number of nitrogens with zero attached hydrogens (tertiary/aromatic N) is 1. The predicted molar refractivity (Wildman–Crippen MR) is 113 cm³/mol. The number of benzene rings is 3. The highest BCUT2D eigenvalue weighted by atomic mass is 16.5. The van der Waals surface area contributed by atoms with E-state index in [2.05, 4.69) is 24.3 Å². The Kier molecular flexibility index (Phi) is 6.85. The van der Waals surface area contributed by atoms with Gasteiger partial charge >= 0.3 is 0 Å². The first-order valence-electron chi connectivity index (χ1n) is 9.76. The standard InChI is InChI=1S/C25H27NO2/c1-3-23(28-24-17-11-10-12-20(24)2)25(27)26(18-21-13-6-4-7-14-21)19-22-15-8-5-9-16-22/h4-17,23H,3,18-19H2,1-2H3. The second kappa shape index (κ2) is 9.75. The van der Waals surface area contributed by atoms with Crippen molar-refractivity contribution < 1.29 is 9.53 Å². The van der Waals surface area contributed by atoms with Crippen molar-refractivity contribution in [1.82, 2.24) is 4.90 Å². The second-order valence-corrected chi connectivity index (χ2v) is 6.95. The van der Waals surface area contributed by atoms with Crippen molar-refractivity contribution in [3.63, 3.8) is 0 Å². The van der Waals surface area contributed by atoms with Crippen LogP contribution in [-0.2, 0) is 17.9 Å².